The monoisotopic (exact) mass is 510 g/mol. The summed E-state index contributed by atoms with van der Waals surface area (Å²) in [6, 6.07) is 12.2. The maximum Gasteiger partial charge on any atom is 0.324 e. The Hall–Kier alpha value is -3.59. The number of rotatable bonds is 5. The summed E-state index contributed by atoms with van der Waals surface area (Å²) in [7, 11) is 1.80. The number of ether oxygens (including phenoxy) is 1. The standard InChI is InChI=1S/C26H31ClN6O3/c1-26(2,3)21-16-22(32(4)31-21)30-25(35)29-17-7-9-18(10-8-17)36-19-11-14-33(15-12-19)24(34)20-6-5-13-28-23(20)27/h5-10,13,16,19H,11-12,14-15H2,1-4H3,(H2,29,30,35). The van der Waals surface area contributed by atoms with Crippen LogP contribution in [-0.2, 0) is 12.5 Å². The van der Waals surface area contributed by atoms with Crippen LogP contribution in [-0.4, -0.2) is 50.8 Å². The summed E-state index contributed by atoms with van der Waals surface area (Å²) in [5.41, 5.74) is 1.86. The van der Waals surface area contributed by atoms with E-state index < -0.39 is 0 Å². The predicted octanol–water partition coefficient (Wildman–Crippen LogP) is 5.09. The summed E-state index contributed by atoms with van der Waals surface area (Å²) in [5, 5.41) is 10.4. The van der Waals surface area contributed by atoms with E-state index in [0.717, 1.165) is 5.69 Å². The maximum absolute atomic E-state index is 12.7. The number of halogens is 1. The third kappa shape index (κ3) is 6.15. The molecule has 2 aromatic heterocycles. The molecular weight excluding hydrogens is 480 g/mol. The lowest BCUT2D eigenvalue weighted by Crippen LogP contribution is -2.41. The van der Waals surface area contributed by atoms with E-state index >= 15 is 0 Å². The fourth-order valence-corrected chi connectivity index (χ4v) is 4.13. The molecule has 3 heterocycles. The predicted molar refractivity (Wildman–Crippen MR) is 140 cm³/mol. The Labute approximate surface area is 215 Å². The van der Waals surface area contributed by atoms with Crippen molar-refractivity contribution in [2.45, 2.75) is 45.1 Å². The minimum absolute atomic E-state index is 0.00220. The first-order valence-electron chi connectivity index (χ1n) is 11.9. The zero-order valence-corrected chi connectivity index (χ0v) is 21.7. The number of urea groups is 1. The second-order valence-corrected chi connectivity index (χ2v) is 10.2. The normalized spacial score (nSPS) is 14.4. The van der Waals surface area contributed by atoms with Gasteiger partial charge in [0.15, 0.2) is 0 Å². The van der Waals surface area contributed by atoms with E-state index in [0.29, 0.717) is 48.7 Å². The van der Waals surface area contributed by atoms with Crippen molar-refractivity contribution in [3.63, 3.8) is 0 Å². The second-order valence-electron chi connectivity index (χ2n) is 9.84. The second kappa shape index (κ2) is 10.6. The number of aromatic nitrogens is 3. The Kier molecular flexibility index (Phi) is 7.49. The lowest BCUT2D eigenvalue weighted by molar-refractivity contribution is 0.0595. The van der Waals surface area contributed by atoms with E-state index in [4.69, 9.17) is 16.3 Å². The van der Waals surface area contributed by atoms with Crippen LogP contribution in [0.5, 0.6) is 5.75 Å². The summed E-state index contributed by atoms with van der Waals surface area (Å²) in [6.07, 6.45) is 3.00. The van der Waals surface area contributed by atoms with Crippen LogP contribution in [0.1, 0.15) is 49.7 Å². The third-order valence-electron chi connectivity index (χ3n) is 6.02. The van der Waals surface area contributed by atoms with Crippen molar-refractivity contribution in [3.05, 3.63) is 65.1 Å². The number of carbonyl (C=O) groups is 2. The van der Waals surface area contributed by atoms with Gasteiger partial charge in [0.1, 0.15) is 22.8 Å². The van der Waals surface area contributed by atoms with E-state index in [1.807, 2.05) is 18.2 Å². The molecule has 1 fully saturated rings. The van der Waals surface area contributed by atoms with Crippen molar-refractivity contribution < 1.29 is 14.3 Å². The van der Waals surface area contributed by atoms with E-state index in [2.05, 4.69) is 41.5 Å². The molecular formula is C26H31ClN6O3. The van der Waals surface area contributed by atoms with Crippen LogP contribution in [0.25, 0.3) is 0 Å². The minimum atomic E-state index is -0.349. The lowest BCUT2D eigenvalue weighted by atomic mass is 9.92. The number of anilines is 2. The average molecular weight is 511 g/mol. The molecule has 1 aliphatic rings. The summed E-state index contributed by atoms with van der Waals surface area (Å²) >= 11 is 6.07. The van der Waals surface area contributed by atoms with E-state index in [1.165, 1.54) is 0 Å². The molecule has 0 aliphatic carbocycles. The van der Waals surface area contributed by atoms with Crippen LogP contribution in [0.2, 0.25) is 5.15 Å². The largest absolute Gasteiger partial charge is 0.490 e. The van der Waals surface area contributed by atoms with Crippen LogP contribution < -0.4 is 15.4 Å². The number of benzene rings is 1. The molecule has 3 amide bonds. The number of hydrogen-bond donors (Lipinski definition) is 2. The highest BCUT2D eigenvalue weighted by Gasteiger charge is 2.26. The Morgan fingerprint density at radius 1 is 1.08 bits per heavy atom. The molecule has 1 aromatic carbocycles. The minimum Gasteiger partial charge on any atom is -0.490 e. The van der Waals surface area contributed by atoms with Crippen LogP contribution >= 0.6 is 11.6 Å². The van der Waals surface area contributed by atoms with Gasteiger partial charge in [-0.15, -0.1) is 0 Å². The molecule has 1 aliphatic heterocycles. The van der Waals surface area contributed by atoms with Crippen LogP contribution in [0.15, 0.2) is 48.7 Å². The van der Waals surface area contributed by atoms with Crippen molar-refractivity contribution in [3.8, 4) is 5.75 Å². The van der Waals surface area contributed by atoms with Crippen molar-refractivity contribution in [2.75, 3.05) is 23.7 Å². The Bertz CT molecular complexity index is 1230. The SMILES string of the molecule is Cn1nc(C(C)(C)C)cc1NC(=O)Nc1ccc(OC2CCN(C(=O)c3cccnc3Cl)CC2)cc1. The molecule has 1 saturated heterocycles. The van der Waals surface area contributed by atoms with Gasteiger partial charge in [-0.05, 0) is 36.4 Å². The molecule has 9 nitrogen and oxygen atoms in total. The van der Waals surface area contributed by atoms with E-state index in [-0.39, 0.29) is 28.6 Å². The molecule has 0 radical (unpaired) electrons. The molecule has 0 spiro atoms. The van der Waals surface area contributed by atoms with Gasteiger partial charge in [-0.1, -0.05) is 32.4 Å². The third-order valence-corrected chi connectivity index (χ3v) is 6.32. The van der Waals surface area contributed by atoms with Gasteiger partial charge in [0.25, 0.3) is 5.91 Å². The highest BCUT2D eigenvalue weighted by atomic mass is 35.5. The highest BCUT2D eigenvalue weighted by Crippen LogP contribution is 2.25. The molecule has 3 aromatic rings. The fourth-order valence-electron chi connectivity index (χ4n) is 3.93. The molecule has 36 heavy (non-hydrogen) atoms. The van der Waals surface area contributed by atoms with Crippen LogP contribution in [0.4, 0.5) is 16.3 Å². The Morgan fingerprint density at radius 2 is 1.78 bits per heavy atom. The fraction of sp³-hybridized carbons (Fsp3) is 0.385. The quantitative estimate of drug-likeness (QED) is 0.465. The molecule has 2 N–H and O–H groups in total. The number of carbonyl (C=O) groups excluding carboxylic acids is 2. The first kappa shape index (κ1) is 25.5. The zero-order valence-electron chi connectivity index (χ0n) is 20.9. The van der Waals surface area contributed by atoms with E-state index in [9.17, 15) is 9.59 Å². The number of piperidine rings is 1. The van der Waals surface area contributed by atoms with Gasteiger partial charge in [-0.2, -0.15) is 5.10 Å². The Morgan fingerprint density at radius 3 is 2.39 bits per heavy atom. The van der Waals surface area contributed by atoms with Gasteiger partial charge in [0, 0.05) is 56.3 Å². The summed E-state index contributed by atoms with van der Waals surface area (Å²) < 4.78 is 7.76. The van der Waals surface area contributed by atoms with Gasteiger partial charge >= 0.3 is 6.03 Å². The van der Waals surface area contributed by atoms with E-state index in [1.54, 1.807) is 47.1 Å². The number of amides is 3. The smallest absolute Gasteiger partial charge is 0.324 e. The molecule has 4 rings (SSSR count). The van der Waals surface area contributed by atoms with Gasteiger partial charge in [-0.3, -0.25) is 14.8 Å². The molecule has 0 unspecified atom stereocenters. The van der Waals surface area contributed by atoms with Crippen molar-refractivity contribution >= 4 is 35.0 Å². The number of hydrogen-bond acceptors (Lipinski definition) is 5. The summed E-state index contributed by atoms with van der Waals surface area (Å²) in [5.74, 6) is 1.22. The number of nitrogens with one attached hydrogen (secondary N) is 2. The number of pyridine rings is 1. The zero-order chi connectivity index (χ0) is 25.9. The summed E-state index contributed by atoms with van der Waals surface area (Å²) in [6.45, 7) is 7.39. The van der Waals surface area contributed by atoms with Gasteiger partial charge < -0.3 is 15.0 Å². The van der Waals surface area contributed by atoms with Crippen molar-refractivity contribution in [2.24, 2.45) is 7.05 Å². The van der Waals surface area contributed by atoms with Gasteiger partial charge in [0.05, 0.1) is 11.3 Å². The summed E-state index contributed by atoms with van der Waals surface area (Å²) in [4.78, 5) is 30.9. The highest BCUT2D eigenvalue weighted by molar-refractivity contribution is 6.32. The maximum atomic E-state index is 12.7. The topological polar surface area (TPSA) is 101 Å². The number of nitrogens with zero attached hydrogens (tertiary/aromatic N) is 4. The molecule has 0 atom stereocenters. The number of likely N-dealkylation sites (tertiary alicyclic amines) is 1. The van der Waals surface area contributed by atoms with Gasteiger partial charge in [-0.25, -0.2) is 9.78 Å². The molecule has 190 valence electrons. The first-order valence-corrected chi connectivity index (χ1v) is 12.3. The number of aryl methyl sites for hydroxylation is 1. The molecule has 0 saturated carbocycles. The average Bonchev–Trinajstić information content (AvgIpc) is 3.21. The van der Waals surface area contributed by atoms with Gasteiger partial charge in [0.2, 0.25) is 0 Å². The lowest BCUT2D eigenvalue weighted by Gasteiger charge is -2.32. The molecule has 10 heteroatoms. The Balaban J connectivity index is 1.26. The van der Waals surface area contributed by atoms with Crippen molar-refractivity contribution in [1.29, 1.82) is 0 Å². The molecule has 0 bridgehead atoms. The van der Waals surface area contributed by atoms with Crippen molar-refractivity contribution in [1.82, 2.24) is 19.7 Å². The van der Waals surface area contributed by atoms with Crippen LogP contribution in [0, 0.1) is 0 Å². The first-order chi connectivity index (χ1) is 17.1. The van der Waals surface area contributed by atoms with Crippen LogP contribution in [0.3, 0.4) is 0 Å².